The smallest absolute Gasteiger partial charge is 0.192 e. The van der Waals surface area contributed by atoms with E-state index >= 15 is 0 Å². The number of piperidine rings is 1. The minimum Gasteiger partial charge on any atom is -0.296 e. The molecule has 22 heavy (non-hydrogen) atoms. The topological polar surface area (TPSA) is 46.1 Å². The van der Waals surface area contributed by atoms with Crippen LogP contribution in [0.25, 0.3) is 10.9 Å². The number of aromatic nitrogens is 2. The first kappa shape index (κ1) is 14.7. The van der Waals surface area contributed by atoms with Crippen molar-refractivity contribution < 1.29 is 4.79 Å². The molecule has 0 unspecified atom stereocenters. The van der Waals surface area contributed by atoms with Crippen LogP contribution in [0.4, 0.5) is 0 Å². The Morgan fingerprint density at radius 3 is 2.82 bits per heavy atom. The number of aryl methyl sites for hydroxylation is 1. The molecule has 2 aromatic rings. The van der Waals surface area contributed by atoms with E-state index in [0.29, 0.717) is 12.2 Å². The van der Waals surface area contributed by atoms with Crippen LogP contribution in [-0.4, -0.2) is 34.2 Å². The van der Waals surface area contributed by atoms with E-state index in [9.17, 15) is 4.79 Å². The quantitative estimate of drug-likeness (QED) is 0.630. The summed E-state index contributed by atoms with van der Waals surface area (Å²) in [5, 5.41) is 1.12. The average molecular weight is 293 g/mol. The Morgan fingerprint density at radius 1 is 1.27 bits per heavy atom. The molecule has 1 aliphatic rings. The molecule has 0 saturated carbocycles. The third-order valence-corrected chi connectivity index (χ3v) is 4.14. The van der Waals surface area contributed by atoms with Crippen molar-refractivity contribution in [3.8, 4) is 11.8 Å². The summed E-state index contributed by atoms with van der Waals surface area (Å²) >= 11 is 0. The summed E-state index contributed by atoms with van der Waals surface area (Å²) in [7, 11) is 0. The Labute approximate surface area is 130 Å². The highest BCUT2D eigenvalue weighted by atomic mass is 16.1. The van der Waals surface area contributed by atoms with E-state index < -0.39 is 0 Å². The zero-order valence-electron chi connectivity index (χ0n) is 12.7. The Balaban J connectivity index is 1.68. The molecule has 0 N–H and O–H groups in total. The van der Waals surface area contributed by atoms with Crippen LogP contribution in [0.2, 0.25) is 0 Å². The van der Waals surface area contributed by atoms with E-state index in [0.717, 1.165) is 54.9 Å². The van der Waals surface area contributed by atoms with Crippen molar-refractivity contribution in [1.29, 1.82) is 0 Å². The van der Waals surface area contributed by atoms with Gasteiger partial charge in [0.15, 0.2) is 6.29 Å². The van der Waals surface area contributed by atoms with Gasteiger partial charge >= 0.3 is 0 Å². The van der Waals surface area contributed by atoms with Gasteiger partial charge in [-0.05, 0) is 44.8 Å². The van der Waals surface area contributed by atoms with Gasteiger partial charge in [-0.2, -0.15) is 0 Å². The lowest BCUT2D eigenvalue weighted by Gasteiger charge is -2.29. The maximum Gasteiger partial charge on any atom is 0.192 e. The number of para-hydroxylation sites is 1. The molecule has 0 aliphatic carbocycles. The lowest BCUT2D eigenvalue weighted by molar-refractivity contribution is -0.103. The van der Waals surface area contributed by atoms with E-state index in [1.54, 1.807) is 0 Å². The Hall–Kier alpha value is -2.25. The fraction of sp³-hybridized carbons (Fsp3) is 0.389. The Kier molecular flexibility index (Phi) is 4.45. The predicted molar refractivity (Wildman–Crippen MR) is 86.1 cm³/mol. The molecule has 2 heterocycles. The van der Waals surface area contributed by atoms with Crippen molar-refractivity contribution in [2.24, 2.45) is 5.92 Å². The van der Waals surface area contributed by atoms with Gasteiger partial charge < -0.3 is 0 Å². The second-order valence-corrected chi connectivity index (χ2v) is 5.70. The number of aldehydes is 1. The fourth-order valence-electron chi connectivity index (χ4n) is 2.95. The van der Waals surface area contributed by atoms with E-state index in [1.807, 2.05) is 25.1 Å². The number of likely N-dealkylation sites (tertiary alicyclic amines) is 1. The van der Waals surface area contributed by atoms with Crippen molar-refractivity contribution in [2.75, 3.05) is 13.1 Å². The summed E-state index contributed by atoms with van der Waals surface area (Å²) in [6, 6.07) is 8.12. The highest BCUT2D eigenvalue weighted by molar-refractivity contribution is 5.80. The predicted octanol–water partition coefficient (Wildman–Crippen LogP) is 2.35. The van der Waals surface area contributed by atoms with Crippen molar-refractivity contribution in [2.45, 2.75) is 26.3 Å². The van der Waals surface area contributed by atoms with Gasteiger partial charge in [-0.3, -0.25) is 9.69 Å². The zero-order chi connectivity index (χ0) is 15.4. The minimum absolute atomic E-state index is 0.348. The lowest BCUT2D eigenvalue weighted by Crippen LogP contribution is -2.33. The summed E-state index contributed by atoms with van der Waals surface area (Å²) < 4.78 is 0. The van der Waals surface area contributed by atoms with Crippen molar-refractivity contribution in [3.05, 3.63) is 35.8 Å². The van der Waals surface area contributed by atoms with Gasteiger partial charge in [0.1, 0.15) is 5.82 Å². The third-order valence-electron chi connectivity index (χ3n) is 4.14. The molecule has 1 aliphatic heterocycles. The summed E-state index contributed by atoms with van der Waals surface area (Å²) in [5.41, 5.74) is 2.05. The molecule has 0 bridgehead atoms. The number of carbonyl (C=O) groups excluding carboxylic acids is 1. The summed E-state index contributed by atoms with van der Waals surface area (Å²) in [4.78, 5) is 22.0. The molecule has 0 radical (unpaired) electrons. The maximum absolute atomic E-state index is 10.3. The van der Waals surface area contributed by atoms with E-state index in [1.165, 1.54) is 0 Å². The van der Waals surface area contributed by atoms with E-state index in [2.05, 4.69) is 32.8 Å². The first-order chi connectivity index (χ1) is 10.8. The molecule has 3 rings (SSSR count). The van der Waals surface area contributed by atoms with Crippen molar-refractivity contribution in [1.82, 2.24) is 14.9 Å². The molecule has 1 aromatic heterocycles. The zero-order valence-corrected chi connectivity index (χ0v) is 12.7. The van der Waals surface area contributed by atoms with E-state index in [4.69, 9.17) is 0 Å². The Morgan fingerprint density at radius 2 is 2.05 bits per heavy atom. The number of hydrogen-bond donors (Lipinski definition) is 0. The van der Waals surface area contributed by atoms with Crippen molar-refractivity contribution >= 4 is 17.2 Å². The fourth-order valence-corrected chi connectivity index (χ4v) is 2.95. The van der Waals surface area contributed by atoms with Crippen molar-refractivity contribution in [3.63, 3.8) is 0 Å². The molecule has 1 aromatic carbocycles. The molecular formula is C18H19N3O. The van der Waals surface area contributed by atoms with Crippen LogP contribution in [0.1, 0.15) is 24.4 Å². The molecule has 4 nitrogen and oxygen atoms in total. The molecule has 1 saturated heterocycles. The Bertz CT molecular complexity index is 737. The minimum atomic E-state index is 0.348. The van der Waals surface area contributed by atoms with Crippen LogP contribution < -0.4 is 0 Å². The SMILES string of the molecule is Cc1nc(CN2CCC(C#CC=O)CC2)nc2ccccc12. The van der Waals surface area contributed by atoms with E-state index in [-0.39, 0.29) is 0 Å². The maximum atomic E-state index is 10.3. The number of benzene rings is 1. The van der Waals surface area contributed by atoms with Gasteiger partial charge in [0.25, 0.3) is 0 Å². The summed E-state index contributed by atoms with van der Waals surface area (Å²) in [6.45, 7) is 4.77. The molecule has 0 atom stereocenters. The van der Waals surface area contributed by atoms with Gasteiger partial charge in [-0.1, -0.05) is 24.1 Å². The second kappa shape index (κ2) is 6.67. The standard InChI is InChI=1S/C18H19N3O/c1-14-16-6-2-3-7-17(16)20-18(19-14)13-21-10-8-15(9-11-21)5-4-12-22/h2-3,6-7,12,15H,8-11,13H2,1H3. The van der Waals surface area contributed by atoms with Crippen LogP contribution in [0.5, 0.6) is 0 Å². The lowest BCUT2D eigenvalue weighted by atomic mass is 9.97. The van der Waals surface area contributed by atoms with Gasteiger partial charge in [0, 0.05) is 17.0 Å². The number of fused-ring (bicyclic) bond motifs is 1. The third kappa shape index (κ3) is 3.32. The monoisotopic (exact) mass is 293 g/mol. The summed E-state index contributed by atoms with van der Waals surface area (Å²) in [6.07, 6.45) is 2.69. The number of hydrogen-bond acceptors (Lipinski definition) is 4. The van der Waals surface area contributed by atoms with Crippen LogP contribution >= 0.6 is 0 Å². The van der Waals surface area contributed by atoms with Gasteiger partial charge in [-0.25, -0.2) is 9.97 Å². The highest BCUT2D eigenvalue weighted by Gasteiger charge is 2.18. The number of carbonyl (C=O) groups is 1. The van der Waals surface area contributed by atoms with Gasteiger partial charge in [0.2, 0.25) is 0 Å². The molecule has 1 fully saturated rings. The number of nitrogens with zero attached hydrogens (tertiary/aromatic N) is 3. The van der Waals surface area contributed by atoms with Gasteiger partial charge in [0.05, 0.1) is 12.1 Å². The molecular weight excluding hydrogens is 274 g/mol. The number of rotatable bonds is 2. The van der Waals surface area contributed by atoms with Crippen LogP contribution in [0.3, 0.4) is 0 Å². The molecule has 112 valence electrons. The molecule has 0 spiro atoms. The largest absolute Gasteiger partial charge is 0.296 e. The first-order valence-electron chi connectivity index (χ1n) is 7.65. The molecule has 0 amide bonds. The average Bonchev–Trinajstić information content (AvgIpc) is 2.54. The van der Waals surface area contributed by atoms with Crippen LogP contribution in [-0.2, 0) is 11.3 Å². The highest BCUT2D eigenvalue weighted by Crippen LogP contribution is 2.19. The van der Waals surface area contributed by atoms with Crippen LogP contribution in [0.15, 0.2) is 24.3 Å². The first-order valence-corrected chi connectivity index (χ1v) is 7.65. The van der Waals surface area contributed by atoms with Crippen LogP contribution in [0, 0.1) is 24.7 Å². The second-order valence-electron chi connectivity index (χ2n) is 5.70. The normalized spacial score (nSPS) is 16.2. The summed E-state index contributed by atoms with van der Waals surface area (Å²) in [5.74, 6) is 6.78. The molecule has 4 heteroatoms. The van der Waals surface area contributed by atoms with Gasteiger partial charge in [-0.15, -0.1) is 0 Å².